The smallest absolute Gasteiger partial charge is 0.328 e. The van der Waals surface area contributed by atoms with Crippen LogP contribution in [0, 0.1) is 0 Å². The number of urea groups is 1. The number of hydrogen-bond donors (Lipinski definition) is 0. The molecule has 0 N–H and O–H groups in total. The van der Waals surface area contributed by atoms with Crippen LogP contribution in [0.4, 0.5) is 4.79 Å². The Morgan fingerprint density at radius 3 is 2.55 bits per heavy atom. The van der Waals surface area contributed by atoms with Gasteiger partial charge < -0.3 is 19.4 Å². The van der Waals surface area contributed by atoms with Gasteiger partial charge in [-0.3, -0.25) is 9.69 Å². The average Bonchev–Trinajstić information content (AvgIpc) is 3.28. The molecule has 3 heterocycles. The van der Waals surface area contributed by atoms with Crippen LogP contribution in [0.3, 0.4) is 0 Å². The van der Waals surface area contributed by atoms with E-state index in [9.17, 15) is 9.59 Å². The standard InChI is InChI=1S/C23H31N5O3/c1-4-31-15-9-14-26-17(2)16-28-19-20(24-22(26)28)25(3)23(30)27(21(19)29)13-8-12-18-10-6-5-7-11-18/h5-7,10-11,16,19-20H,4,8-9,12-15H2,1-3H3. The largest absolute Gasteiger partial charge is 0.382 e. The van der Waals surface area contributed by atoms with Crippen molar-refractivity contribution in [3.63, 3.8) is 0 Å². The van der Waals surface area contributed by atoms with Gasteiger partial charge in [0.1, 0.15) is 0 Å². The predicted molar refractivity (Wildman–Crippen MR) is 118 cm³/mol. The summed E-state index contributed by atoms with van der Waals surface area (Å²) in [5.74, 6) is 0.586. The summed E-state index contributed by atoms with van der Waals surface area (Å²) in [6, 6.07) is 9.36. The van der Waals surface area contributed by atoms with Crippen molar-refractivity contribution < 1.29 is 14.3 Å². The second-order valence-electron chi connectivity index (χ2n) is 8.14. The number of amides is 3. The molecule has 31 heavy (non-hydrogen) atoms. The summed E-state index contributed by atoms with van der Waals surface area (Å²) in [7, 11) is 1.73. The maximum Gasteiger partial charge on any atom is 0.328 e. The Morgan fingerprint density at radius 2 is 1.81 bits per heavy atom. The van der Waals surface area contributed by atoms with E-state index in [-0.39, 0.29) is 11.9 Å². The second kappa shape index (κ2) is 9.09. The molecule has 3 amide bonds. The summed E-state index contributed by atoms with van der Waals surface area (Å²) in [6.45, 7) is 6.57. The van der Waals surface area contributed by atoms with Gasteiger partial charge in [0.15, 0.2) is 12.2 Å². The third kappa shape index (κ3) is 4.04. The number of benzene rings is 1. The molecule has 0 radical (unpaired) electrons. The van der Waals surface area contributed by atoms with E-state index in [0.29, 0.717) is 19.8 Å². The number of carbonyl (C=O) groups is 2. The number of imide groups is 1. The number of rotatable bonds is 9. The number of fused-ring (bicyclic) bond motifs is 3. The first-order valence-electron chi connectivity index (χ1n) is 11.0. The molecule has 1 fully saturated rings. The number of allylic oxidation sites excluding steroid dienone is 1. The minimum Gasteiger partial charge on any atom is -0.382 e. The highest BCUT2D eigenvalue weighted by molar-refractivity contribution is 6.04. The van der Waals surface area contributed by atoms with Crippen molar-refractivity contribution in [2.24, 2.45) is 4.99 Å². The molecular formula is C23H31N5O3. The van der Waals surface area contributed by atoms with Crippen LogP contribution in [0.25, 0.3) is 0 Å². The zero-order chi connectivity index (χ0) is 22.0. The lowest BCUT2D eigenvalue weighted by Crippen LogP contribution is -2.64. The molecule has 0 spiro atoms. The SMILES string of the molecule is CCOCCCN1C(C)=CN2C1=NC1C2C(=O)N(CCCc2ccccc2)C(=O)N1C. The molecule has 2 unspecified atom stereocenters. The molecule has 0 aliphatic carbocycles. The molecule has 2 atom stereocenters. The number of nitrogens with zero attached hydrogens (tertiary/aromatic N) is 5. The van der Waals surface area contributed by atoms with Crippen LogP contribution in [0.1, 0.15) is 32.3 Å². The number of aliphatic imine (C=N–C) groups is 1. The Morgan fingerprint density at radius 1 is 1.06 bits per heavy atom. The van der Waals surface area contributed by atoms with Gasteiger partial charge in [0.05, 0.1) is 0 Å². The lowest BCUT2D eigenvalue weighted by molar-refractivity contribution is -0.136. The zero-order valence-electron chi connectivity index (χ0n) is 18.5. The average molecular weight is 426 g/mol. The fraction of sp³-hybridized carbons (Fsp3) is 0.522. The Kier molecular flexibility index (Phi) is 6.27. The number of hydrogen-bond acceptors (Lipinski definition) is 6. The Bertz CT molecular complexity index is 884. The molecule has 8 heteroatoms. The predicted octanol–water partition coefficient (Wildman–Crippen LogP) is 2.48. The van der Waals surface area contributed by atoms with E-state index in [1.807, 2.05) is 43.1 Å². The first-order valence-corrected chi connectivity index (χ1v) is 11.0. The molecule has 0 bridgehead atoms. The van der Waals surface area contributed by atoms with E-state index < -0.39 is 12.2 Å². The highest BCUT2D eigenvalue weighted by atomic mass is 16.5. The van der Waals surface area contributed by atoms with Gasteiger partial charge in [0.25, 0.3) is 5.91 Å². The van der Waals surface area contributed by atoms with Crippen molar-refractivity contribution >= 4 is 17.9 Å². The topological polar surface area (TPSA) is 68.7 Å². The molecule has 3 aliphatic heterocycles. The maximum absolute atomic E-state index is 13.4. The van der Waals surface area contributed by atoms with Crippen LogP contribution in [0.2, 0.25) is 0 Å². The van der Waals surface area contributed by atoms with Crippen LogP contribution < -0.4 is 0 Å². The van der Waals surface area contributed by atoms with Crippen molar-refractivity contribution in [2.75, 3.05) is 33.4 Å². The molecule has 8 nitrogen and oxygen atoms in total. The van der Waals surface area contributed by atoms with Crippen LogP contribution in [-0.2, 0) is 16.0 Å². The molecule has 3 aliphatic rings. The van der Waals surface area contributed by atoms with Crippen molar-refractivity contribution in [1.82, 2.24) is 19.6 Å². The maximum atomic E-state index is 13.4. The van der Waals surface area contributed by atoms with Gasteiger partial charge in [0.2, 0.25) is 5.96 Å². The zero-order valence-corrected chi connectivity index (χ0v) is 18.5. The normalized spacial score (nSPS) is 22.7. The van der Waals surface area contributed by atoms with Crippen LogP contribution >= 0.6 is 0 Å². The van der Waals surface area contributed by atoms with Crippen LogP contribution in [-0.4, -0.2) is 83.1 Å². The number of carbonyl (C=O) groups excluding carboxylic acids is 2. The molecule has 0 aromatic heterocycles. The number of ether oxygens (including phenoxy) is 1. The monoisotopic (exact) mass is 425 g/mol. The van der Waals surface area contributed by atoms with Gasteiger partial charge in [0, 0.05) is 45.2 Å². The summed E-state index contributed by atoms with van der Waals surface area (Å²) in [5, 5.41) is 0. The molecule has 1 aromatic rings. The quantitative estimate of drug-likeness (QED) is 0.569. The summed E-state index contributed by atoms with van der Waals surface area (Å²) < 4.78 is 5.45. The third-order valence-corrected chi connectivity index (χ3v) is 6.07. The molecular weight excluding hydrogens is 394 g/mol. The number of guanidine groups is 1. The van der Waals surface area contributed by atoms with Gasteiger partial charge in [-0.1, -0.05) is 30.3 Å². The van der Waals surface area contributed by atoms with E-state index >= 15 is 0 Å². The van der Waals surface area contributed by atoms with Crippen LogP contribution in [0.15, 0.2) is 47.2 Å². The van der Waals surface area contributed by atoms with E-state index in [1.165, 1.54) is 10.5 Å². The summed E-state index contributed by atoms with van der Waals surface area (Å²) >= 11 is 0. The fourth-order valence-electron chi connectivity index (χ4n) is 4.44. The summed E-state index contributed by atoms with van der Waals surface area (Å²) in [5.41, 5.74) is 2.26. The summed E-state index contributed by atoms with van der Waals surface area (Å²) in [4.78, 5) is 38.1. The molecule has 166 valence electrons. The minimum absolute atomic E-state index is 0.167. The van der Waals surface area contributed by atoms with Crippen molar-refractivity contribution in [3.05, 3.63) is 47.8 Å². The molecule has 1 aromatic carbocycles. The Balaban J connectivity index is 1.44. The van der Waals surface area contributed by atoms with Gasteiger partial charge in [-0.2, -0.15) is 0 Å². The molecule has 1 saturated heterocycles. The van der Waals surface area contributed by atoms with Crippen molar-refractivity contribution in [3.8, 4) is 0 Å². The van der Waals surface area contributed by atoms with Crippen molar-refractivity contribution in [2.45, 2.75) is 45.3 Å². The first-order chi connectivity index (χ1) is 15.0. The minimum atomic E-state index is -0.499. The Hall–Kier alpha value is -2.87. The fourth-order valence-corrected chi connectivity index (χ4v) is 4.44. The van der Waals surface area contributed by atoms with E-state index in [2.05, 4.69) is 17.0 Å². The van der Waals surface area contributed by atoms with E-state index in [4.69, 9.17) is 9.73 Å². The number of aryl methyl sites for hydroxylation is 1. The highest BCUT2D eigenvalue weighted by Crippen LogP contribution is 2.34. The molecule has 0 saturated carbocycles. The lowest BCUT2D eigenvalue weighted by atomic mass is 10.1. The molecule has 4 rings (SSSR count). The number of likely N-dealkylation sites (N-methyl/N-ethyl adjacent to an activating group) is 1. The van der Waals surface area contributed by atoms with Gasteiger partial charge in [-0.15, -0.1) is 0 Å². The van der Waals surface area contributed by atoms with Gasteiger partial charge in [-0.05, 0) is 38.7 Å². The first kappa shape index (κ1) is 21.4. The van der Waals surface area contributed by atoms with Crippen LogP contribution in [0.5, 0.6) is 0 Å². The highest BCUT2D eigenvalue weighted by Gasteiger charge is 2.53. The lowest BCUT2D eigenvalue weighted by Gasteiger charge is -2.40. The summed E-state index contributed by atoms with van der Waals surface area (Å²) in [6.07, 6.45) is 3.93. The third-order valence-electron chi connectivity index (χ3n) is 6.07. The van der Waals surface area contributed by atoms with Crippen molar-refractivity contribution in [1.29, 1.82) is 0 Å². The van der Waals surface area contributed by atoms with Gasteiger partial charge >= 0.3 is 6.03 Å². The van der Waals surface area contributed by atoms with E-state index in [0.717, 1.165) is 37.5 Å². The van der Waals surface area contributed by atoms with E-state index in [1.54, 1.807) is 11.9 Å². The second-order valence-corrected chi connectivity index (χ2v) is 8.14. The Labute approximate surface area is 183 Å². The van der Waals surface area contributed by atoms with Gasteiger partial charge in [-0.25, -0.2) is 9.79 Å².